The number of hydrogen-bond acceptors (Lipinski definition) is 7. The number of carbonyl (C=O) groups excluding carboxylic acids is 1. The number of rotatable bonds is 8. The highest BCUT2D eigenvalue weighted by molar-refractivity contribution is 5.89. The van der Waals surface area contributed by atoms with Gasteiger partial charge in [-0.25, -0.2) is 9.78 Å². The first-order valence-corrected chi connectivity index (χ1v) is 10.7. The number of methoxy groups -OCH3 is 2. The number of fused-ring (bicyclic) bond motifs is 4. The molecule has 0 amide bonds. The maximum absolute atomic E-state index is 12.7. The van der Waals surface area contributed by atoms with E-state index in [0.717, 1.165) is 37.7 Å². The van der Waals surface area contributed by atoms with E-state index >= 15 is 0 Å². The molecule has 3 heterocycles. The molecule has 4 rings (SSSR count). The standard InChI is InChI=1S/C23H28N2O6/c1-4-30-22(27)16-14-25-17(12-18(16)26)20-15(13-23(25)7-5-8-23)11-19(21(24-20)29-3)31-10-6-9-28-2/h11-12,14H,4-10,13H2,1-3H3. The molecule has 0 saturated heterocycles. The zero-order valence-corrected chi connectivity index (χ0v) is 18.2. The van der Waals surface area contributed by atoms with Crippen molar-refractivity contribution in [2.24, 2.45) is 0 Å². The van der Waals surface area contributed by atoms with Crippen LogP contribution in [0.4, 0.5) is 0 Å². The first kappa shape index (κ1) is 21.4. The van der Waals surface area contributed by atoms with Crippen molar-refractivity contribution >= 4 is 5.97 Å². The summed E-state index contributed by atoms with van der Waals surface area (Å²) in [5, 5.41) is 0. The molecule has 0 aromatic carbocycles. The summed E-state index contributed by atoms with van der Waals surface area (Å²) in [5.74, 6) is 0.369. The molecule has 8 heteroatoms. The first-order chi connectivity index (χ1) is 15.0. The normalized spacial score (nSPS) is 15.6. The highest BCUT2D eigenvalue weighted by Crippen LogP contribution is 2.49. The molecule has 1 fully saturated rings. The molecule has 1 saturated carbocycles. The van der Waals surface area contributed by atoms with Crippen molar-refractivity contribution in [3.63, 3.8) is 0 Å². The van der Waals surface area contributed by atoms with Gasteiger partial charge in [-0.15, -0.1) is 0 Å². The molecule has 31 heavy (non-hydrogen) atoms. The van der Waals surface area contributed by atoms with E-state index in [0.29, 0.717) is 36.2 Å². The number of hydrogen-bond donors (Lipinski definition) is 0. The molecule has 0 unspecified atom stereocenters. The van der Waals surface area contributed by atoms with Crippen LogP contribution in [0, 0.1) is 0 Å². The van der Waals surface area contributed by atoms with E-state index in [-0.39, 0.29) is 23.1 Å². The van der Waals surface area contributed by atoms with Crippen molar-refractivity contribution < 1.29 is 23.7 Å². The van der Waals surface area contributed by atoms with Gasteiger partial charge in [-0.2, -0.15) is 0 Å². The summed E-state index contributed by atoms with van der Waals surface area (Å²) in [6.45, 7) is 3.06. The SMILES string of the molecule is CCOC(=O)c1cn2c(cc1=O)-c1nc(OC)c(OCCCOC)cc1CC21CCC1. The molecule has 2 aromatic rings. The molecule has 8 nitrogen and oxygen atoms in total. The zero-order valence-electron chi connectivity index (χ0n) is 18.2. The Balaban J connectivity index is 1.79. The number of carbonyl (C=O) groups is 1. The fourth-order valence-corrected chi connectivity index (χ4v) is 4.42. The molecular weight excluding hydrogens is 400 g/mol. The molecule has 1 spiro atoms. The van der Waals surface area contributed by atoms with Gasteiger partial charge in [-0.05, 0) is 44.2 Å². The second kappa shape index (κ2) is 8.70. The van der Waals surface area contributed by atoms with Crippen LogP contribution >= 0.6 is 0 Å². The van der Waals surface area contributed by atoms with Gasteiger partial charge in [-0.1, -0.05) is 0 Å². The van der Waals surface area contributed by atoms with E-state index in [1.54, 1.807) is 27.3 Å². The second-order valence-corrected chi connectivity index (χ2v) is 7.98. The minimum Gasteiger partial charge on any atom is -0.488 e. The molecule has 1 aliphatic heterocycles. The van der Waals surface area contributed by atoms with Crippen molar-refractivity contribution in [3.8, 4) is 23.0 Å². The van der Waals surface area contributed by atoms with Crippen molar-refractivity contribution in [1.82, 2.24) is 9.55 Å². The topological polar surface area (TPSA) is 88.9 Å². The number of esters is 1. The molecule has 0 bridgehead atoms. The van der Waals surface area contributed by atoms with Gasteiger partial charge in [0.2, 0.25) is 0 Å². The molecule has 0 radical (unpaired) electrons. The third kappa shape index (κ3) is 3.80. The Bertz CT molecular complexity index is 1040. The van der Waals surface area contributed by atoms with Crippen LogP contribution in [-0.4, -0.2) is 49.6 Å². The minimum absolute atomic E-state index is 0.0605. The zero-order chi connectivity index (χ0) is 22.0. The van der Waals surface area contributed by atoms with E-state index in [2.05, 4.69) is 4.57 Å². The average molecular weight is 428 g/mol. The largest absolute Gasteiger partial charge is 0.488 e. The first-order valence-electron chi connectivity index (χ1n) is 10.7. The van der Waals surface area contributed by atoms with Gasteiger partial charge in [0.25, 0.3) is 5.88 Å². The van der Waals surface area contributed by atoms with Crippen LogP contribution in [0.15, 0.2) is 23.1 Å². The van der Waals surface area contributed by atoms with Crippen LogP contribution in [0.1, 0.15) is 48.5 Å². The molecule has 1 aliphatic carbocycles. The van der Waals surface area contributed by atoms with E-state index in [1.165, 1.54) is 6.07 Å². The average Bonchev–Trinajstić information content (AvgIpc) is 2.74. The quantitative estimate of drug-likeness (QED) is 0.472. The summed E-state index contributed by atoms with van der Waals surface area (Å²) < 4.78 is 23.6. The molecular formula is C23H28N2O6. The van der Waals surface area contributed by atoms with Gasteiger partial charge in [-0.3, -0.25) is 4.79 Å². The smallest absolute Gasteiger partial charge is 0.343 e. The predicted octanol–water partition coefficient (Wildman–Crippen LogP) is 2.95. The molecule has 0 N–H and O–H groups in total. The molecule has 166 valence electrons. The molecule has 2 aromatic heterocycles. The van der Waals surface area contributed by atoms with Crippen LogP contribution < -0.4 is 14.9 Å². The Kier molecular flexibility index (Phi) is 6.00. The van der Waals surface area contributed by atoms with E-state index in [9.17, 15) is 9.59 Å². The summed E-state index contributed by atoms with van der Waals surface area (Å²) in [5.41, 5.74) is 1.93. The fraction of sp³-hybridized carbons (Fsp3) is 0.522. The highest BCUT2D eigenvalue weighted by Gasteiger charge is 2.44. The van der Waals surface area contributed by atoms with Crippen LogP contribution in [0.5, 0.6) is 11.6 Å². The van der Waals surface area contributed by atoms with E-state index in [4.69, 9.17) is 23.9 Å². The summed E-state index contributed by atoms with van der Waals surface area (Å²) >= 11 is 0. The van der Waals surface area contributed by atoms with Gasteiger partial charge in [0, 0.05) is 37.9 Å². The summed E-state index contributed by atoms with van der Waals surface area (Å²) in [6, 6.07) is 3.47. The third-order valence-electron chi connectivity index (χ3n) is 6.08. The second-order valence-electron chi connectivity index (χ2n) is 7.98. The van der Waals surface area contributed by atoms with Crippen LogP contribution in [0.2, 0.25) is 0 Å². The van der Waals surface area contributed by atoms with E-state index in [1.807, 2.05) is 6.07 Å². The Morgan fingerprint density at radius 1 is 1.23 bits per heavy atom. The Morgan fingerprint density at radius 3 is 2.68 bits per heavy atom. The van der Waals surface area contributed by atoms with Gasteiger partial charge >= 0.3 is 5.97 Å². The Morgan fingerprint density at radius 2 is 2.03 bits per heavy atom. The van der Waals surface area contributed by atoms with Crippen molar-refractivity contribution in [3.05, 3.63) is 39.7 Å². The number of nitrogens with zero attached hydrogens (tertiary/aromatic N) is 2. The minimum atomic E-state index is -0.589. The lowest BCUT2D eigenvalue weighted by molar-refractivity contribution is 0.0521. The fourth-order valence-electron chi connectivity index (χ4n) is 4.42. The lowest BCUT2D eigenvalue weighted by Crippen LogP contribution is -2.46. The molecule has 2 aliphatic rings. The summed E-state index contributed by atoms with van der Waals surface area (Å²) in [4.78, 5) is 29.8. The number of ether oxygens (including phenoxy) is 4. The van der Waals surface area contributed by atoms with E-state index < -0.39 is 5.97 Å². The predicted molar refractivity (Wildman–Crippen MR) is 114 cm³/mol. The van der Waals surface area contributed by atoms with Crippen molar-refractivity contribution in [1.29, 1.82) is 0 Å². The maximum atomic E-state index is 12.7. The van der Waals surface area contributed by atoms with Gasteiger partial charge in [0.1, 0.15) is 5.56 Å². The Labute approximate surface area is 181 Å². The van der Waals surface area contributed by atoms with Crippen LogP contribution in [0.3, 0.4) is 0 Å². The lowest BCUT2D eigenvalue weighted by Gasteiger charge is -2.48. The van der Waals surface area contributed by atoms with Crippen molar-refractivity contribution in [2.75, 3.05) is 34.0 Å². The summed E-state index contributed by atoms with van der Waals surface area (Å²) in [7, 11) is 3.20. The number of pyridine rings is 2. The number of aromatic nitrogens is 2. The van der Waals surface area contributed by atoms with Crippen molar-refractivity contribution in [2.45, 2.75) is 44.6 Å². The maximum Gasteiger partial charge on any atom is 0.343 e. The monoisotopic (exact) mass is 428 g/mol. The summed E-state index contributed by atoms with van der Waals surface area (Å²) in [6.07, 6.45) is 6.21. The van der Waals surface area contributed by atoms with Crippen LogP contribution in [0.25, 0.3) is 11.4 Å². The van der Waals surface area contributed by atoms with Gasteiger partial charge in [0.05, 0.1) is 31.7 Å². The van der Waals surface area contributed by atoms with Crippen LogP contribution in [-0.2, 0) is 21.4 Å². The lowest BCUT2D eigenvalue weighted by atomic mass is 9.70. The highest BCUT2D eigenvalue weighted by atomic mass is 16.5. The Hall–Kier alpha value is -2.87. The molecule has 0 atom stereocenters. The van der Waals surface area contributed by atoms with Gasteiger partial charge in [0.15, 0.2) is 11.2 Å². The third-order valence-corrected chi connectivity index (χ3v) is 6.08. The van der Waals surface area contributed by atoms with Gasteiger partial charge < -0.3 is 23.5 Å².